The largest absolute Gasteiger partial charge is 0.478 e. The zero-order valence-electron chi connectivity index (χ0n) is 9.18. The molecular weight excluding hydrogens is 318 g/mol. The molecular formula is C11H10BrN3O2S. The minimum atomic E-state index is -1.05. The van der Waals surface area contributed by atoms with E-state index in [0.29, 0.717) is 18.1 Å². The number of rotatable bonds is 4. The van der Waals surface area contributed by atoms with Crippen LogP contribution in [0.5, 0.6) is 0 Å². The standard InChI is InChI=1S/C11H10BrN3O2S/c12-6-1-8(18-5-6)4-15-10-9(11(16)17)2-7(13)3-14-10/h1-3,5H,4,13H2,(H,14,15)(H,16,17). The lowest BCUT2D eigenvalue weighted by Crippen LogP contribution is -2.08. The zero-order chi connectivity index (χ0) is 13.1. The summed E-state index contributed by atoms with van der Waals surface area (Å²) >= 11 is 4.94. The van der Waals surface area contributed by atoms with Crippen LogP contribution in [0.2, 0.25) is 0 Å². The number of hydrogen-bond donors (Lipinski definition) is 3. The van der Waals surface area contributed by atoms with Crippen LogP contribution in [-0.4, -0.2) is 16.1 Å². The molecule has 0 aliphatic rings. The van der Waals surface area contributed by atoms with Crippen LogP contribution >= 0.6 is 27.3 Å². The number of anilines is 2. The van der Waals surface area contributed by atoms with Crippen LogP contribution in [0.1, 0.15) is 15.2 Å². The first kappa shape index (κ1) is 12.8. The smallest absolute Gasteiger partial charge is 0.339 e. The van der Waals surface area contributed by atoms with E-state index in [9.17, 15) is 4.79 Å². The fraction of sp³-hybridized carbons (Fsp3) is 0.0909. The number of carboxylic acids is 1. The minimum Gasteiger partial charge on any atom is -0.478 e. The molecule has 0 spiro atoms. The summed E-state index contributed by atoms with van der Waals surface area (Å²) < 4.78 is 1.01. The molecule has 0 aromatic carbocycles. The fourth-order valence-corrected chi connectivity index (χ4v) is 2.79. The van der Waals surface area contributed by atoms with Gasteiger partial charge >= 0.3 is 5.97 Å². The average molecular weight is 328 g/mol. The van der Waals surface area contributed by atoms with Gasteiger partial charge in [-0.2, -0.15) is 0 Å². The minimum absolute atomic E-state index is 0.0746. The number of aromatic carboxylic acids is 1. The predicted octanol–water partition coefficient (Wildman–Crippen LogP) is 2.80. The van der Waals surface area contributed by atoms with E-state index in [2.05, 4.69) is 26.2 Å². The van der Waals surface area contributed by atoms with Crippen LogP contribution in [0.25, 0.3) is 0 Å². The molecule has 0 saturated heterocycles. The highest BCUT2D eigenvalue weighted by molar-refractivity contribution is 9.10. The third-order valence-electron chi connectivity index (χ3n) is 2.19. The monoisotopic (exact) mass is 327 g/mol. The Bertz CT molecular complexity index is 585. The van der Waals surface area contributed by atoms with Crippen LogP contribution in [-0.2, 0) is 6.54 Å². The first-order valence-electron chi connectivity index (χ1n) is 5.02. The molecule has 7 heteroatoms. The van der Waals surface area contributed by atoms with E-state index in [1.54, 1.807) is 11.3 Å². The number of nitrogens with zero attached hydrogens (tertiary/aromatic N) is 1. The van der Waals surface area contributed by atoms with Gasteiger partial charge in [-0.25, -0.2) is 9.78 Å². The Morgan fingerprint density at radius 1 is 1.56 bits per heavy atom. The van der Waals surface area contributed by atoms with Gasteiger partial charge in [-0.15, -0.1) is 11.3 Å². The Balaban J connectivity index is 2.16. The molecule has 0 atom stereocenters. The third-order valence-corrected chi connectivity index (χ3v) is 3.89. The quantitative estimate of drug-likeness (QED) is 0.803. The van der Waals surface area contributed by atoms with E-state index in [0.717, 1.165) is 9.35 Å². The van der Waals surface area contributed by atoms with Crippen LogP contribution in [0.4, 0.5) is 11.5 Å². The molecule has 2 aromatic rings. The van der Waals surface area contributed by atoms with Crippen molar-refractivity contribution in [3.05, 3.63) is 38.6 Å². The molecule has 0 fully saturated rings. The van der Waals surface area contributed by atoms with Gasteiger partial charge in [0, 0.05) is 14.7 Å². The van der Waals surface area contributed by atoms with Gasteiger partial charge in [0.1, 0.15) is 11.4 Å². The third kappa shape index (κ3) is 2.99. The number of nitrogens with one attached hydrogen (secondary N) is 1. The molecule has 5 nitrogen and oxygen atoms in total. The van der Waals surface area contributed by atoms with Gasteiger partial charge in [-0.1, -0.05) is 0 Å². The summed E-state index contributed by atoms with van der Waals surface area (Å²) in [7, 11) is 0. The summed E-state index contributed by atoms with van der Waals surface area (Å²) in [6.07, 6.45) is 1.43. The molecule has 2 rings (SSSR count). The average Bonchev–Trinajstić information content (AvgIpc) is 2.73. The first-order chi connectivity index (χ1) is 8.56. The van der Waals surface area contributed by atoms with Crippen molar-refractivity contribution in [2.75, 3.05) is 11.1 Å². The van der Waals surface area contributed by atoms with Crippen molar-refractivity contribution < 1.29 is 9.90 Å². The molecule has 0 saturated carbocycles. The number of nitrogens with two attached hydrogens (primary N) is 1. The summed E-state index contributed by atoms with van der Waals surface area (Å²) in [5.74, 6) is -0.731. The molecule has 0 unspecified atom stereocenters. The van der Waals surface area contributed by atoms with Gasteiger partial charge in [0.2, 0.25) is 0 Å². The van der Waals surface area contributed by atoms with Crippen LogP contribution in [0.15, 0.2) is 28.2 Å². The Morgan fingerprint density at radius 3 is 2.94 bits per heavy atom. The predicted molar refractivity (Wildman–Crippen MR) is 75.0 cm³/mol. The normalized spacial score (nSPS) is 10.3. The maximum absolute atomic E-state index is 11.0. The van der Waals surface area contributed by atoms with Gasteiger partial charge in [0.15, 0.2) is 0 Å². The number of nitrogen functional groups attached to an aromatic ring is 1. The van der Waals surface area contributed by atoms with Gasteiger partial charge in [0.05, 0.1) is 18.4 Å². The Morgan fingerprint density at radius 2 is 2.33 bits per heavy atom. The maximum atomic E-state index is 11.0. The second-order valence-electron chi connectivity index (χ2n) is 3.55. The Hall–Kier alpha value is -1.60. The van der Waals surface area contributed by atoms with Gasteiger partial charge < -0.3 is 16.2 Å². The maximum Gasteiger partial charge on any atom is 0.339 e. The molecule has 18 heavy (non-hydrogen) atoms. The number of pyridine rings is 1. The zero-order valence-corrected chi connectivity index (χ0v) is 11.6. The molecule has 0 aliphatic carbocycles. The number of hydrogen-bond acceptors (Lipinski definition) is 5. The van der Waals surface area contributed by atoms with Crippen molar-refractivity contribution in [1.29, 1.82) is 0 Å². The molecule has 0 bridgehead atoms. The lowest BCUT2D eigenvalue weighted by atomic mass is 10.2. The summed E-state index contributed by atoms with van der Waals surface area (Å²) in [4.78, 5) is 16.1. The van der Waals surface area contributed by atoms with Crippen LogP contribution in [0, 0.1) is 0 Å². The van der Waals surface area contributed by atoms with E-state index >= 15 is 0 Å². The van der Waals surface area contributed by atoms with Crippen LogP contribution < -0.4 is 11.1 Å². The van der Waals surface area contributed by atoms with E-state index < -0.39 is 5.97 Å². The van der Waals surface area contributed by atoms with E-state index in [4.69, 9.17) is 10.8 Å². The summed E-state index contributed by atoms with van der Waals surface area (Å²) in [6, 6.07) is 3.36. The van der Waals surface area contributed by atoms with Crippen molar-refractivity contribution in [2.24, 2.45) is 0 Å². The number of carbonyl (C=O) groups is 1. The number of carboxylic acid groups (broad SMARTS) is 1. The Labute approximate surface area is 116 Å². The highest BCUT2D eigenvalue weighted by atomic mass is 79.9. The Kier molecular flexibility index (Phi) is 3.83. The molecule has 2 aromatic heterocycles. The lowest BCUT2D eigenvalue weighted by Gasteiger charge is -2.07. The van der Waals surface area contributed by atoms with Gasteiger partial charge in [-0.3, -0.25) is 0 Å². The van der Waals surface area contributed by atoms with Crippen molar-refractivity contribution in [3.8, 4) is 0 Å². The first-order valence-corrected chi connectivity index (χ1v) is 6.69. The second kappa shape index (κ2) is 5.36. The molecule has 0 amide bonds. The number of halogens is 1. The van der Waals surface area contributed by atoms with Crippen molar-refractivity contribution in [1.82, 2.24) is 4.98 Å². The summed E-state index contributed by atoms with van der Waals surface area (Å²) in [6.45, 7) is 0.521. The van der Waals surface area contributed by atoms with Crippen molar-refractivity contribution >= 4 is 44.7 Å². The fourth-order valence-electron chi connectivity index (χ4n) is 1.40. The molecule has 2 heterocycles. The van der Waals surface area contributed by atoms with Crippen molar-refractivity contribution in [3.63, 3.8) is 0 Å². The second-order valence-corrected chi connectivity index (χ2v) is 5.47. The van der Waals surface area contributed by atoms with Gasteiger partial charge in [-0.05, 0) is 28.1 Å². The SMILES string of the molecule is Nc1cnc(NCc2cc(Br)cs2)c(C(=O)O)c1. The summed E-state index contributed by atoms with van der Waals surface area (Å²) in [5, 5.41) is 14.0. The number of thiophene rings is 1. The van der Waals surface area contributed by atoms with Crippen LogP contribution in [0.3, 0.4) is 0 Å². The van der Waals surface area contributed by atoms with Gasteiger partial charge in [0.25, 0.3) is 0 Å². The summed E-state index contributed by atoms with van der Waals surface area (Å²) in [5.41, 5.74) is 5.92. The van der Waals surface area contributed by atoms with E-state index in [-0.39, 0.29) is 5.56 Å². The molecule has 0 radical (unpaired) electrons. The van der Waals surface area contributed by atoms with E-state index in [1.165, 1.54) is 12.3 Å². The topological polar surface area (TPSA) is 88.2 Å². The highest BCUT2D eigenvalue weighted by Gasteiger charge is 2.12. The lowest BCUT2D eigenvalue weighted by molar-refractivity contribution is 0.0697. The number of aromatic nitrogens is 1. The van der Waals surface area contributed by atoms with E-state index in [1.807, 2.05) is 11.4 Å². The molecule has 94 valence electrons. The van der Waals surface area contributed by atoms with Crippen molar-refractivity contribution in [2.45, 2.75) is 6.54 Å². The highest BCUT2D eigenvalue weighted by Crippen LogP contribution is 2.22. The molecule has 0 aliphatic heterocycles. The molecule has 4 N–H and O–H groups in total.